The fourth-order valence-corrected chi connectivity index (χ4v) is 2.50. The second-order valence-corrected chi connectivity index (χ2v) is 6.15. The summed E-state index contributed by atoms with van der Waals surface area (Å²) in [5, 5.41) is 5.46. The van der Waals surface area contributed by atoms with Crippen molar-refractivity contribution in [3.63, 3.8) is 0 Å². The molecule has 5 nitrogen and oxygen atoms in total. The minimum atomic E-state index is -0.0997. The third-order valence-corrected chi connectivity index (χ3v) is 3.81. The lowest BCUT2D eigenvalue weighted by Crippen LogP contribution is -2.29. The summed E-state index contributed by atoms with van der Waals surface area (Å²) >= 11 is 0. The predicted octanol–water partition coefficient (Wildman–Crippen LogP) is 2.90. The van der Waals surface area contributed by atoms with Crippen LogP contribution in [0.3, 0.4) is 0 Å². The molecule has 26 heavy (non-hydrogen) atoms. The van der Waals surface area contributed by atoms with E-state index in [0.29, 0.717) is 18.5 Å². The van der Waals surface area contributed by atoms with Crippen LogP contribution in [0.25, 0.3) is 0 Å². The molecule has 0 aliphatic heterocycles. The molecule has 0 radical (unpaired) electrons. The van der Waals surface area contributed by atoms with Crippen LogP contribution in [0.1, 0.15) is 30.9 Å². The first-order chi connectivity index (χ1) is 12.6. The highest BCUT2D eigenvalue weighted by atomic mass is 16.2. The number of rotatable bonds is 9. The van der Waals surface area contributed by atoms with Crippen LogP contribution in [0.2, 0.25) is 0 Å². The van der Waals surface area contributed by atoms with Crippen LogP contribution >= 0.6 is 0 Å². The van der Waals surface area contributed by atoms with Crippen molar-refractivity contribution in [3.8, 4) is 0 Å². The third kappa shape index (κ3) is 6.89. The van der Waals surface area contributed by atoms with Gasteiger partial charge < -0.3 is 10.6 Å². The maximum absolute atomic E-state index is 12.0. The van der Waals surface area contributed by atoms with Crippen molar-refractivity contribution in [1.29, 1.82) is 0 Å². The maximum atomic E-state index is 12.0. The van der Waals surface area contributed by atoms with Gasteiger partial charge >= 0.3 is 0 Å². The van der Waals surface area contributed by atoms with Crippen molar-refractivity contribution in [2.75, 3.05) is 11.9 Å². The van der Waals surface area contributed by atoms with E-state index in [0.717, 1.165) is 17.5 Å². The first-order valence-corrected chi connectivity index (χ1v) is 8.78. The average molecular weight is 352 g/mol. The molecule has 0 aromatic heterocycles. The fourth-order valence-electron chi connectivity index (χ4n) is 2.50. The van der Waals surface area contributed by atoms with Crippen molar-refractivity contribution in [2.45, 2.75) is 32.6 Å². The Kier molecular flexibility index (Phi) is 7.55. The van der Waals surface area contributed by atoms with Crippen molar-refractivity contribution >= 4 is 23.3 Å². The number of anilines is 1. The van der Waals surface area contributed by atoms with Crippen molar-refractivity contribution < 1.29 is 14.4 Å². The van der Waals surface area contributed by atoms with E-state index in [9.17, 15) is 14.4 Å². The summed E-state index contributed by atoms with van der Waals surface area (Å²) in [4.78, 5) is 35.3. The number of ketones is 1. The molecule has 136 valence electrons. The van der Waals surface area contributed by atoms with Gasteiger partial charge in [-0.25, -0.2) is 0 Å². The summed E-state index contributed by atoms with van der Waals surface area (Å²) in [6.07, 6.45) is 1.77. The maximum Gasteiger partial charge on any atom is 0.228 e. The topological polar surface area (TPSA) is 75.3 Å². The van der Waals surface area contributed by atoms with Gasteiger partial charge in [0.1, 0.15) is 0 Å². The quantitative estimate of drug-likeness (QED) is 0.729. The van der Waals surface area contributed by atoms with E-state index in [4.69, 9.17) is 0 Å². The molecule has 0 saturated heterocycles. The highest BCUT2D eigenvalue weighted by molar-refractivity contribution is 5.92. The number of amides is 2. The Labute approximate surface area is 153 Å². The van der Waals surface area contributed by atoms with Crippen LogP contribution in [0.4, 0.5) is 5.69 Å². The van der Waals surface area contributed by atoms with Gasteiger partial charge in [0, 0.05) is 18.5 Å². The zero-order chi connectivity index (χ0) is 18.8. The lowest BCUT2D eigenvalue weighted by atomic mass is 10.1. The van der Waals surface area contributed by atoms with E-state index in [1.165, 1.54) is 0 Å². The molecule has 0 atom stereocenters. The molecular weight excluding hydrogens is 328 g/mol. The van der Waals surface area contributed by atoms with Crippen molar-refractivity contribution in [1.82, 2.24) is 5.32 Å². The molecule has 5 heteroatoms. The molecule has 0 fully saturated rings. The number of benzene rings is 2. The Morgan fingerprint density at radius 1 is 0.808 bits per heavy atom. The Hall–Kier alpha value is -2.95. The van der Waals surface area contributed by atoms with Crippen molar-refractivity contribution in [3.05, 3.63) is 65.7 Å². The van der Waals surface area contributed by atoms with E-state index in [1.54, 1.807) is 12.1 Å². The summed E-state index contributed by atoms with van der Waals surface area (Å²) in [6.45, 7) is 1.97. The fraction of sp³-hybridized carbons (Fsp3) is 0.286. The molecule has 2 aromatic rings. The number of carbonyl (C=O) groups excluding carboxylic acids is 3. The minimum absolute atomic E-state index is 0.0460. The summed E-state index contributed by atoms with van der Waals surface area (Å²) in [5.74, 6) is -0.230. The number of Topliss-reactive ketones (excluding diaryl/α,β-unsaturated/α-hetero) is 1. The predicted molar refractivity (Wildman–Crippen MR) is 102 cm³/mol. The zero-order valence-corrected chi connectivity index (χ0v) is 15.0. The van der Waals surface area contributed by atoms with E-state index in [1.807, 2.05) is 49.4 Å². The normalized spacial score (nSPS) is 10.2. The van der Waals surface area contributed by atoms with Crippen LogP contribution in [0, 0.1) is 0 Å². The van der Waals surface area contributed by atoms with E-state index in [-0.39, 0.29) is 30.6 Å². The lowest BCUT2D eigenvalue weighted by molar-refractivity contribution is -0.124. The highest BCUT2D eigenvalue weighted by Crippen LogP contribution is 2.11. The van der Waals surface area contributed by atoms with Gasteiger partial charge in [-0.15, -0.1) is 0 Å². The standard InChI is InChI=1S/C21H24N2O3/c1-2-6-20(25)22-15-19(24)13-17-9-11-18(12-10-17)23-21(26)14-16-7-4-3-5-8-16/h3-5,7-12H,2,6,13-15H2,1H3,(H,22,25)(H,23,26). The van der Waals surface area contributed by atoms with Crippen molar-refractivity contribution in [2.24, 2.45) is 0 Å². The SMILES string of the molecule is CCCC(=O)NCC(=O)Cc1ccc(NC(=O)Cc2ccccc2)cc1. The molecule has 0 bridgehead atoms. The number of nitrogens with one attached hydrogen (secondary N) is 2. The second-order valence-electron chi connectivity index (χ2n) is 6.15. The highest BCUT2D eigenvalue weighted by Gasteiger charge is 2.07. The summed E-state index contributed by atoms with van der Waals surface area (Å²) in [6, 6.07) is 16.7. The molecule has 0 unspecified atom stereocenters. The smallest absolute Gasteiger partial charge is 0.228 e. The first kappa shape index (κ1) is 19.4. The van der Waals surface area contributed by atoms with Gasteiger partial charge in [0.2, 0.25) is 11.8 Å². The minimum Gasteiger partial charge on any atom is -0.349 e. The lowest BCUT2D eigenvalue weighted by Gasteiger charge is -2.07. The van der Waals surface area contributed by atoms with Gasteiger partial charge in [0.15, 0.2) is 5.78 Å². The Morgan fingerprint density at radius 3 is 2.12 bits per heavy atom. The van der Waals surface area contributed by atoms with Crippen LogP contribution in [0.5, 0.6) is 0 Å². The average Bonchev–Trinajstić information content (AvgIpc) is 2.63. The molecule has 0 saturated carbocycles. The molecule has 0 heterocycles. The van der Waals surface area contributed by atoms with Crippen LogP contribution in [0.15, 0.2) is 54.6 Å². The molecule has 2 amide bonds. The summed E-state index contributed by atoms with van der Waals surface area (Å²) in [5.41, 5.74) is 2.50. The number of carbonyl (C=O) groups is 3. The van der Waals surface area contributed by atoms with Gasteiger partial charge in [-0.3, -0.25) is 14.4 Å². The number of hydrogen-bond donors (Lipinski definition) is 2. The Morgan fingerprint density at radius 2 is 1.46 bits per heavy atom. The van der Waals surface area contributed by atoms with Gasteiger partial charge in [0.05, 0.1) is 13.0 Å². The van der Waals surface area contributed by atoms with E-state index in [2.05, 4.69) is 10.6 Å². The molecule has 2 rings (SSSR count). The molecular formula is C21H24N2O3. The molecule has 0 spiro atoms. The van der Waals surface area contributed by atoms with Crippen LogP contribution < -0.4 is 10.6 Å². The molecule has 0 aliphatic carbocycles. The second kappa shape index (κ2) is 10.1. The van der Waals surface area contributed by atoms with E-state index < -0.39 is 0 Å². The summed E-state index contributed by atoms with van der Waals surface area (Å²) in [7, 11) is 0. The third-order valence-electron chi connectivity index (χ3n) is 3.81. The van der Waals surface area contributed by atoms with Gasteiger partial charge in [0.25, 0.3) is 0 Å². The Bertz CT molecular complexity index is 740. The largest absolute Gasteiger partial charge is 0.349 e. The van der Waals surface area contributed by atoms with Gasteiger partial charge in [-0.2, -0.15) is 0 Å². The van der Waals surface area contributed by atoms with E-state index >= 15 is 0 Å². The zero-order valence-electron chi connectivity index (χ0n) is 15.0. The van der Waals surface area contributed by atoms with Crippen LogP contribution in [-0.2, 0) is 27.2 Å². The van der Waals surface area contributed by atoms with Gasteiger partial charge in [-0.1, -0.05) is 49.4 Å². The Balaban J connectivity index is 1.79. The molecule has 0 aliphatic rings. The molecule has 2 N–H and O–H groups in total. The first-order valence-electron chi connectivity index (χ1n) is 8.78. The monoisotopic (exact) mass is 352 g/mol. The summed E-state index contributed by atoms with van der Waals surface area (Å²) < 4.78 is 0. The molecule has 2 aromatic carbocycles. The van der Waals surface area contributed by atoms with Crippen LogP contribution in [-0.4, -0.2) is 24.1 Å². The van der Waals surface area contributed by atoms with Gasteiger partial charge in [-0.05, 0) is 29.7 Å². The number of hydrogen-bond acceptors (Lipinski definition) is 3.